The summed E-state index contributed by atoms with van der Waals surface area (Å²) in [6, 6.07) is 14.0. The molecule has 0 aliphatic heterocycles. The van der Waals surface area contributed by atoms with Crippen LogP contribution in [0.25, 0.3) is 0 Å². The van der Waals surface area contributed by atoms with Crippen molar-refractivity contribution >= 4 is 15.9 Å². The second-order valence-electron chi connectivity index (χ2n) is 5.21. The number of hydrogen-bond acceptors (Lipinski definition) is 3. The van der Waals surface area contributed by atoms with Gasteiger partial charge in [-0.3, -0.25) is 0 Å². The molecule has 0 radical (unpaired) electrons. The number of halogens is 1. The Morgan fingerprint density at radius 3 is 2.62 bits per heavy atom. The van der Waals surface area contributed by atoms with Crippen molar-refractivity contribution in [3.05, 3.63) is 58.1 Å². The highest BCUT2D eigenvalue weighted by atomic mass is 79.9. The van der Waals surface area contributed by atoms with E-state index in [4.69, 9.17) is 9.84 Å². The van der Waals surface area contributed by atoms with E-state index in [0.717, 1.165) is 28.1 Å². The lowest BCUT2D eigenvalue weighted by Gasteiger charge is -2.12. The van der Waals surface area contributed by atoms with Gasteiger partial charge in [0.05, 0.1) is 11.1 Å². The van der Waals surface area contributed by atoms with Gasteiger partial charge in [0.15, 0.2) is 0 Å². The Labute approximate surface area is 134 Å². The predicted octanol–water partition coefficient (Wildman–Crippen LogP) is 4.23. The number of ether oxygens (including phenoxy) is 1. The molecule has 0 atom stereocenters. The van der Waals surface area contributed by atoms with E-state index in [1.807, 2.05) is 36.4 Å². The zero-order valence-electron chi connectivity index (χ0n) is 12.3. The Hall–Kier alpha value is -1.36. The molecule has 0 heterocycles. The smallest absolute Gasteiger partial charge is 0.141 e. The summed E-state index contributed by atoms with van der Waals surface area (Å²) in [6.45, 7) is 5.09. The summed E-state index contributed by atoms with van der Waals surface area (Å²) >= 11 is 3.55. The van der Waals surface area contributed by atoms with Crippen LogP contribution >= 0.6 is 15.9 Å². The van der Waals surface area contributed by atoms with E-state index in [2.05, 4.69) is 41.2 Å². The van der Waals surface area contributed by atoms with Gasteiger partial charge in [-0.25, -0.2) is 0 Å². The molecule has 112 valence electrons. The fourth-order valence-corrected chi connectivity index (χ4v) is 2.40. The van der Waals surface area contributed by atoms with Crippen LogP contribution in [0.15, 0.2) is 46.9 Å². The van der Waals surface area contributed by atoms with Crippen molar-refractivity contribution in [3.8, 4) is 11.5 Å². The SMILES string of the molecule is CC(C)NCc1ccc(Oc2cccc(CO)c2)c(Br)c1. The first kappa shape index (κ1) is 16.0. The third kappa shape index (κ3) is 4.84. The normalized spacial score (nSPS) is 10.9. The number of rotatable bonds is 6. The van der Waals surface area contributed by atoms with Gasteiger partial charge in [0, 0.05) is 12.6 Å². The van der Waals surface area contributed by atoms with Crippen LogP contribution in [-0.2, 0) is 13.2 Å². The quantitative estimate of drug-likeness (QED) is 0.819. The lowest BCUT2D eigenvalue weighted by molar-refractivity contribution is 0.281. The first-order valence-corrected chi connectivity index (χ1v) is 7.77. The average molecular weight is 350 g/mol. The molecule has 0 spiro atoms. The van der Waals surface area contributed by atoms with E-state index in [9.17, 15) is 0 Å². The van der Waals surface area contributed by atoms with Gasteiger partial charge in [-0.05, 0) is 51.3 Å². The highest BCUT2D eigenvalue weighted by Gasteiger charge is 2.05. The highest BCUT2D eigenvalue weighted by molar-refractivity contribution is 9.10. The molecule has 0 fully saturated rings. The molecule has 4 heteroatoms. The summed E-state index contributed by atoms with van der Waals surface area (Å²) in [6.07, 6.45) is 0. The monoisotopic (exact) mass is 349 g/mol. The Morgan fingerprint density at radius 1 is 1.14 bits per heavy atom. The van der Waals surface area contributed by atoms with Crippen molar-refractivity contribution in [3.63, 3.8) is 0 Å². The Bertz CT molecular complexity index is 599. The molecule has 0 amide bonds. The van der Waals surface area contributed by atoms with Crippen LogP contribution in [0.1, 0.15) is 25.0 Å². The standard InChI is InChI=1S/C17H20BrNO2/c1-12(2)19-10-13-6-7-17(16(18)9-13)21-15-5-3-4-14(8-15)11-20/h3-9,12,19-20H,10-11H2,1-2H3. The van der Waals surface area contributed by atoms with Crippen molar-refractivity contribution in [2.24, 2.45) is 0 Å². The zero-order valence-corrected chi connectivity index (χ0v) is 13.9. The maximum Gasteiger partial charge on any atom is 0.141 e. The van der Waals surface area contributed by atoms with E-state index in [1.54, 1.807) is 0 Å². The molecule has 0 aromatic heterocycles. The summed E-state index contributed by atoms with van der Waals surface area (Å²) in [5, 5.41) is 12.5. The molecular formula is C17H20BrNO2. The summed E-state index contributed by atoms with van der Waals surface area (Å²) in [4.78, 5) is 0. The van der Waals surface area contributed by atoms with Crippen LogP contribution < -0.4 is 10.1 Å². The van der Waals surface area contributed by atoms with Crippen LogP contribution in [0.5, 0.6) is 11.5 Å². The molecule has 0 saturated carbocycles. The van der Waals surface area contributed by atoms with E-state index in [-0.39, 0.29) is 6.61 Å². The second kappa shape index (κ2) is 7.59. The molecular weight excluding hydrogens is 330 g/mol. The highest BCUT2D eigenvalue weighted by Crippen LogP contribution is 2.30. The number of hydrogen-bond donors (Lipinski definition) is 2. The molecule has 3 nitrogen and oxygen atoms in total. The van der Waals surface area contributed by atoms with Crippen molar-refractivity contribution in [1.29, 1.82) is 0 Å². The van der Waals surface area contributed by atoms with Crippen molar-refractivity contribution in [1.82, 2.24) is 5.32 Å². The molecule has 2 N–H and O–H groups in total. The van der Waals surface area contributed by atoms with Gasteiger partial charge in [0.2, 0.25) is 0 Å². The molecule has 0 saturated heterocycles. The molecule has 2 aromatic carbocycles. The predicted molar refractivity (Wildman–Crippen MR) is 88.6 cm³/mol. The minimum absolute atomic E-state index is 0.0121. The second-order valence-corrected chi connectivity index (χ2v) is 6.06. The molecule has 2 aromatic rings. The third-order valence-corrected chi connectivity index (χ3v) is 3.64. The maximum atomic E-state index is 9.15. The van der Waals surface area contributed by atoms with Gasteiger partial charge < -0.3 is 15.2 Å². The van der Waals surface area contributed by atoms with E-state index >= 15 is 0 Å². The third-order valence-electron chi connectivity index (χ3n) is 3.02. The lowest BCUT2D eigenvalue weighted by atomic mass is 10.2. The molecule has 0 bridgehead atoms. The summed E-state index contributed by atoms with van der Waals surface area (Å²) in [5.41, 5.74) is 2.04. The molecule has 2 rings (SSSR count). The molecule has 0 aliphatic carbocycles. The molecule has 21 heavy (non-hydrogen) atoms. The Balaban J connectivity index is 2.09. The largest absolute Gasteiger partial charge is 0.456 e. The fourth-order valence-electron chi connectivity index (χ4n) is 1.89. The van der Waals surface area contributed by atoms with Gasteiger partial charge in [-0.15, -0.1) is 0 Å². The van der Waals surface area contributed by atoms with Crippen LogP contribution in [0.3, 0.4) is 0 Å². The number of benzene rings is 2. The van der Waals surface area contributed by atoms with Gasteiger partial charge in [-0.1, -0.05) is 32.0 Å². The summed E-state index contributed by atoms with van der Waals surface area (Å²) in [7, 11) is 0. The van der Waals surface area contributed by atoms with Crippen LogP contribution in [-0.4, -0.2) is 11.1 Å². The minimum Gasteiger partial charge on any atom is -0.456 e. The maximum absolute atomic E-state index is 9.15. The van der Waals surface area contributed by atoms with Crippen molar-refractivity contribution in [2.45, 2.75) is 33.0 Å². The summed E-state index contributed by atoms with van der Waals surface area (Å²) < 4.78 is 6.77. The van der Waals surface area contributed by atoms with Gasteiger partial charge in [0.1, 0.15) is 11.5 Å². The first-order chi connectivity index (χ1) is 10.1. The van der Waals surface area contributed by atoms with Crippen LogP contribution in [0, 0.1) is 0 Å². The van der Waals surface area contributed by atoms with E-state index < -0.39 is 0 Å². The van der Waals surface area contributed by atoms with Gasteiger partial charge >= 0.3 is 0 Å². The van der Waals surface area contributed by atoms with E-state index in [1.165, 1.54) is 5.56 Å². The van der Waals surface area contributed by atoms with Gasteiger partial charge in [-0.2, -0.15) is 0 Å². The van der Waals surface area contributed by atoms with E-state index in [0.29, 0.717) is 6.04 Å². The molecule has 0 unspecified atom stereocenters. The topological polar surface area (TPSA) is 41.5 Å². The fraction of sp³-hybridized carbons (Fsp3) is 0.294. The number of aliphatic hydroxyl groups excluding tert-OH is 1. The van der Waals surface area contributed by atoms with Crippen molar-refractivity contribution < 1.29 is 9.84 Å². The van der Waals surface area contributed by atoms with Crippen molar-refractivity contribution in [2.75, 3.05) is 0 Å². The lowest BCUT2D eigenvalue weighted by Crippen LogP contribution is -2.21. The van der Waals surface area contributed by atoms with Crippen LogP contribution in [0.4, 0.5) is 0 Å². The Kier molecular flexibility index (Phi) is 5.79. The number of nitrogens with one attached hydrogen (secondary N) is 1. The van der Waals surface area contributed by atoms with Crippen LogP contribution in [0.2, 0.25) is 0 Å². The zero-order chi connectivity index (χ0) is 15.2. The van der Waals surface area contributed by atoms with Gasteiger partial charge in [0.25, 0.3) is 0 Å². The molecule has 0 aliphatic rings. The minimum atomic E-state index is 0.0121. The Morgan fingerprint density at radius 2 is 1.95 bits per heavy atom. The first-order valence-electron chi connectivity index (χ1n) is 6.98. The summed E-state index contributed by atoms with van der Waals surface area (Å²) in [5.74, 6) is 1.48. The number of aliphatic hydroxyl groups is 1. The average Bonchev–Trinajstić information content (AvgIpc) is 2.48.